The Kier molecular flexibility index (Phi) is 5.32. The van der Waals surface area contributed by atoms with Crippen molar-refractivity contribution >= 4 is 0 Å². The summed E-state index contributed by atoms with van der Waals surface area (Å²) in [5.74, 6) is 0.512. The van der Waals surface area contributed by atoms with Crippen molar-refractivity contribution in [3.05, 3.63) is 71.5 Å². The van der Waals surface area contributed by atoms with E-state index in [-0.39, 0.29) is 5.92 Å². The lowest BCUT2D eigenvalue weighted by Gasteiger charge is -2.32. The fourth-order valence-electron chi connectivity index (χ4n) is 3.97. The normalized spacial score (nSPS) is 16.2. The number of H-pyrrole nitrogens is 1. The van der Waals surface area contributed by atoms with Crippen LogP contribution in [0.5, 0.6) is 5.75 Å². The molecule has 2 heterocycles. The molecule has 0 radical (unpaired) electrons. The van der Waals surface area contributed by atoms with Gasteiger partial charge in [-0.2, -0.15) is 18.3 Å². The van der Waals surface area contributed by atoms with Gasteiger partial charge >= 0.3 is 6.18 Å². The smallest absolute Gasteiger partial charge is 0.416 e. The van der Waals surface area contributed by atoms with E-state index < -0.39 is 11.7 Å². The number of rotatable bonds is 4. The number of halogens is 3. The average Bonchev–Trinajstić information content (AvgIpc) is 3.20. The van der Waals surface area contributed by atoms with E-state index in [1.165, 1.54) is 12.1 Å². The molecule has 2 N–H and O–H groups in total. The molecule has 4 rings (SSSR count). The Hall–Kier alpha value is -2.80. The summed E-state index contributed by atoms with van der Waals surface area (Å²) in [4.78, 5) is 2.28. The molecule has 7 heteroatoms. The summed E-state index contributed by atoms with van der Waals surface area (Å²) in [6.07, 6.45) is -1.00. The minimum absolute atomic E-state index is 0.211. The summed E-state index contributed by atoms with van der Waals surface area (Å²) in [6, 6.07) is 12.7. The summed E-state index contributed by atoms with van der Waals surface area (Å²) in [5.41, 5.74) is 2.40. The first-order valence-corrected chi connectivity index (χ1v) is 9.62. The first-order valence-electron chi connectivity index (χ1n) is 9.62. The van der Waals surface area contributed by atoms with Crippen molar-refractivity contribution in [1.82, 2.24) is 15.1 Å². The average molecular weight is 401 g/mol. The number of nitrogens with zero attached hydrogens (tertiary/aromatic N) is 2. The molecule has 1 aromatic heterocycles. The fraction of sp³-hybridized carbons (Fsp3) is 0.318. The van der Waals surface area contributed by atoms with E-state index >= 15 is 0 Å². The lowest BCUT2D eigenvalue weighted by atomic mass is 9.89. The Bertz CT molecular complexity index is 975. The highest BCUT2D eigenvalue weighted by molar-refractivity contribution is 5.66. The van der Waals surface area contributed by atoms with Crippen molar-refractivity contribution in [2.75, 3.05) is 13.1 Å². The van der Waals surface area contributed by atoms with Crippen molar-refractivity contribution in [2.24, 2.45) is 0 Å². The highest BCUT2D eigenvalue weighted by Crippen LogP contribution is 2.37. The van der Waals surface area contributed by atoms with Crippen LogP contribution in [0.4, 0.5) is 13.2 Å². The minimum atomic E-state index is -4.37. The second-order valence-corrected chi connectivity index (χ2v) is 7.46. The van der Waals surface area contributed by atoms with Gasteiger partial charge in [-0.1, -0.05) is 30.3 Å². The standard InChI is InChI=1S/C22H22F3N3O/c23-22(24,25)18-6-3-5-16(12-18)19-13-26-27-21(19)15-8-10-28(11-9-15)14-17-4-1-2-7-20(17)29/h1-7,12-13,15,29H,8-11,14H2,(H,26,27). The molecule has 0 aliphatic carbocycles. The molecule has 29 heavy (non-hydrogen) atoms. The first kappa shape index (κ1) is 19.5. The van der Waals surface area contributed by atoms with Gasteiger partial charge in [-0.15, -0.1) is 0 Å². The van der Waals surface area contributed by atoms with Crippen molar-refractivity contribution in [1.29, 1.82) is 0 Å². The molecule has 2 aromatic carbocycles. The van der Waals surface area contributed by atoms with Crippen LogP contribution in [0.3, 0.4) is 0 Å². The molecule has 0 unspecified atom stereocenters. The Morgan fingerprint density at radius 2 is 1.83 bits per heavy atom. The molecule has 152 valence electrons. The van der Waals surface area contributed by atoms with Gasteiger partial charge < -0.3 is 5.11 Å². The van der Waals surface area contributed by atoms with Gasteiger partial charge in [-0.05, 0) is 49.7 Å². The number of alkyl halides is 3. The molecule has 0 atom stereocenters. The molecule has 1 aliphatic heterocycles. The van der Waals surface area contributed by atoms with Gasteiger partial charge in [-0.25, -0.2) is 0 Å². The molecule has 0 saturated carbocycles. The van der Waals surface area contributed by atoms with E-state index in [1.807, 2.05) is 12.1 Å². The zero-order valence-corrected chi connectivity index (χ0v) is 15.8. The third kappa shape index (κ3) is 4.29. The Morgan fingerprint density at radius 1 is 1.07 bits per heavy atom. The highest BCUT2D eigenvalue weighted by Gasteiger charge is 2.31. The number of benzene rings is 2. The van der Waals surface area contributed by atoms with Crippen LogP contribution in [-0.2, 0) is 12.7 Å². The maximum Gasteiger partial charge on any atom is 0.416 e. The van der Waals surface area contributed by atoms with Crippen LogP contribution in [0.1, 0.15) is 35.6 Å². The second-order valence-electron chi connectivity index (χ2n) is 7.46. The number of phenols is 1. The number of phenolic OH excluding ortho intramolecular Hbond substituents is 1. The lowest BCUT2D eigenvalue weighted by molar-refractivity contribution is -0.137. The topological polar surface area (TPSA) is 52.1 Å². The predicted molar refractivity (Wildman–Crippen MR) is 104 cm³/mol. The van der Waals surface area contributed by atoms with Crippen molar-refractivity contribution in [3.63, 3.8) is 0 Å². The number of aromatic amines is 1. The van der Waals surface area contributed by atoms with E-state index in [1.54, 1.807) is 24.4 Å². The number of piperidine rings is 1. The predicted octanol–water partition coefficient (Wildman–Crippen LogP) is 5.18. The largest absolute Gasteiger partial charge is 0.508 e. The van der Waals surface area contributed by atoms with Gasteiger partial charge in [0.2, 0.25) is 0 Å². The van der Waals surface area contributed by atoms with Crippen molar-refractivity contribution < 1.29 is 18.3 Å². The maximum atomic E-state index is 13.1. The summed E-state index contributed by atoms with van der Waals surface area (Å²) in [5, 5.41) is 17.1. The van der Waals surface area contributed by atoms with Gasteiger partial charge in [0.25, 0.3) is 0 Å². The quantitative estimate of drug-likeness (QED) is 0.633. The van der Waals surface area contributed by atoms with Gasteiger partial charge in [0.15, 0.2) is 0 Å². The van der Waals surface area contributed by atoms with Gasteiger partial charge in [0.1, 0.15) is 5.75 Å². The number of aromatic hydroxyl groups is 1. The summed E-state index contributed by atoms with van der Waals surface area (Å²) in [7, 11) is 0. The number of aromatic nitrogens is 2. The van der Waals surface area contributed by atoms with E-state index in [0.717, 1.165) is 48.8 Å². The Labute approximate surface area is 167 Å². The van der Waals surface area contributed by atoms with Crippen LogP contribution in [0.15, 0.2) is 54.7 Å². The Morgan fingerprint density at radius 3 is 2.55 bits per heavy atom. The number of likely N-dealkylation sites (tertiary alicyclic amines) is 1. The van der Waals surface area contributed by atoms with E-state index in [9.17, 15) is 18.3 Å². The molecule has 4 nitrogen and oxygen atoms in total. The fourth-order valence-corrected chi connectivity index (χ4v) is 3.97. The highest BCUT2D eigenvalue weighted by atomic mass is 19.4. The molecule has 0 spiro atoms. The summed E-state index contributed by atoms with van der Waals surface area (Å²) < 4.78 is 39.2. The lowest BCUT2D eigenvalue weighted by Crippen LogP contribution is -2.32. The molecule has 3 aromatic rings. The van der Waals surface area contributed by atoms with Crippen LogP contribution in [-0.4, -0.2) is 33.3 Å². The van der Waals surface area contributed by atoms with E-state index in [0.29, 0.717) is 17.9 Å². The summed E-state index contributed by atoms with van der Waals surface area (Å²) in [6.45, 7) is 2.38. The Balaban J connectivity index is 1.47. The van der Waals surface area contributed by atoms with E-state index in [4.69, 9.17) is 0 Å². The number of nitrogens with one attached hydrogen (secondary N) is 1. The van der Waals surface area contributed by atoms with Gasteiger partial charge in [0, 0.05) is 29.3 Å². The SMILES string of the molecule is Oc1ccccc1CN1CCC(c2[nH]ncc2-c2cccc(C(F)(F)F)c2)CC1. The van der Waals surface area contributed by atoms with Crippen LogP contribution in [0, 0.1) is 0 Å². The minimum Gasteiger partial charge on any atom is -0.508 e. The van der Waals surface area contributed by atoms with Crippen LogP contribution in [0.2, 0.25) is 0 Å². The van der Waals surface area contributed by atoms with Gasteiger partial charge in [0.05, 0.1) is 11.8 Å². The molecule has 1 fully saturated rings. The molecule has 0 bridgehead atoms. The van der Waals surface area contributed by atoms with Crippen LogP contribution >= 0.6 is 0 Å². The summed E-state index contributed by atoms with van der Waals surface area (Å²) >= 11 is 0. The number of hydrogen-bond donors (Lipinski definition) is 2. The van der Waals surface area contributed by atoms with Crippen LogP contribution in [0.25, 0.3) is 11.1 Å². The first-order chi connectivity index (χ1) is 13.9. The van der Waals surface area contributed by atoms with Crippen LogP contribution < -0.4 is 0 Å². The molecule has 1 saturated heterocycles. The van der Waals surface area contributed by atoms with E-state index in [2.05, 4.69) is 15.1 Å². The zero-order chi connectivity index (χ0) is 20.4. The van der Waals surface area contributed by atoms with Crippen molar-refractivity contribution in [2.45, 2.75) is 31.5 Å². The maximum absolute atomic E-state index is 13.1. The van der Waals surface area contributed by atoms with Gasteiger partial charge in [-0.3, -0.25) is 10.00 Å². The number of para-hydroxylation sites is 1. The molecular formula is C22H22F3N3O. The van der Waals surface area contributed by atoms with Crippen molar-refractivity contribution in [3.8, 4) is 16.9 Å². The molecular weight excluding hydrogens is 379 g/mol. The number of hydrogen-bond acceptors (Lipinski definition) is 3. The zero-order valence-electron chi connectivity index (χ0n) is 15.8. The monoisotopic (exact) mass is 401 g/mol. The third-order valence-electron chi connectivity index (χ3n) is 5.55. The second kappa shape index (κ2) is 7.91. The molecule has 1 aliphatic rings. The molecule has 0 amide bonds. The third-order valence-corrected chi connectivity index (χ3v) is 5.55.